The van der Waals surface area contributed by atoms with Gasteiger partial charge in [-0.15, -0.1) is 5.10 Å². The molecule has 0 fully saturated rings. The largest absolute Gasteiger partial charge is 1.00 e. The molecule has 7 nitrogen and oxygen atoms in total. The molecule has 0 bridgehead atoms. The zero-order valence-electron chi connectivity index (χ0n) is 10.6. The van der Waals surface area contributed by atoms with E-state index in [0.717, 1.165) is 0 Å². The molecule has 4 N–H and O–H groups in total. The van der Waals surface area contributed by atoms with E-state index in [4.69, 9.17) is 28.9 Å². The van der Waals surface area contributed by atoms with Gasteiger partial charge in [0.2, 0.25) is 5.95 Å². The number of nitrogens with zero attached hydrogens (tertiary/aromatic N) is 2. The number of halogens is 2. The van der Waals surface area contributed by atoms with Gasteiger partial charge in [-0.25, -0.2) is 18.2 Å². The predicted octanol–water partition coefficient (Wildman–Crippen LogP) is -1.19. The monoisotopic (exact) mass is 344 g/mol. The molecule has 0 radical (unpaired) electrons. The smallest absolute Gasteiger partial charge is 0.368 e. The Kier molecular flexibility index (Phi) is 5.70. The minimum atomic E-state index is -3.91. The number of sulfonamides is 1. The van der Waals surface area contributed by atoms with Crippen molar-refractivity contribution >= 4 is 45.1 Å². The third-order valence-electron chi connectivity index (χ3n) is 2.23. The molecule has 11 heteroatoms. The van der Waals surface area contributed by atoms with Gasteiger partial charge in [0.05, 0.1) is 5.02 Å². The standard InChI is InChI=1S/C9H9Cl2N5O2S.Na/c1-4-2-7(6(11)3-5(4)10)19(17,18)16-9-13-8(12)14-15-9;/h2-3H,1H3,(H4,12,13,14,15,16);/q;+1. The quantitative estimate of drug-likeness (QED) is 0.605. The molecule has 0 spiro atoms. The second-order valence-corrected chi connectivity index (χ2v) is 6.15. The minimum absolute atomic E-state index is 0. The topological polar surface area (TPSA) is 114 Å². The van der Waals surface area contributed by atoms with Crippen LogP contribution in [0.4, 0.5) is 11.9 Å². The van der Waals surface area contributed by atoms with Crippen LogP contribution in [0.25, 0.3) is 0 Å². The Morgan fingerprint density at radius 3 is 2.50 bits per heavy atom. The maximum absolute atomic E-state index is 12.1. The van der Waals surface area contributed by atoms with Gasteiger partial charge in [0.1, 0.15) is 4.90 Å². The molecule has 0 saturated heterocycles. The Morgan fingerprint density at radius 2 is 1.95 bits per heavy atom. The number of aromatic nitrogens is 3. The van der Waals surface area contributed by atoms with Gasteiger partial charge >= 0.3 is 29.6 Å². The first-order chi connectivity index (χ1) is 8.79. The zero-order chi connectivity index (χ0) is 14.2. The van der Waals surface area contributed by atoms with Crippen molar-refractivity contribution in [3.05, 3.63) is 27.7 Å². The summed E-state index contributed by atoms with van der Waals surface area (Å²) in [6.07, 6.45) is 0. The molecule has 102 valence electrons. The molecule has 20 heavy (non-hydrogen) atoms. The number of aromatic amines is 1. The van der Waals surface area contributed by atoms with Crippen LogP contribution in [0.1, 0.15) is 5.56 Å². The third-order valence-corrected chi connectivity index (χ3v) is 4.43. The summed E-state index contributed by atoms with van der Waals surface area (Å²) >= 11 is 11.7. The third kappa shape index (κ3) is 3.78. The summed E-state index contributed by atoms with van der Waals surface area (Å²) in [5.41, 5.74) is 5.89. The Bertz CT molecular complexity index is 734. The molecule has 1 heterocycles. The van der Waals surface area contributed by atoms with E-state index < -0.39 is 10.0 Å². The number of benzene rings is 1. The van der Waals surface area contributed by atoms with Crippen LogP contribution in [-0.2, 0) is 10.0 Å². The van der Waals surface area contributed by atoms with Crippen molar-refractivity contribution in [2.24, 2.45) is 0 Å². The van der Waals surface area contributed by atoms with Gasteiger partial charge in [-0.2, -0.15) is 4.98 Å². The molecule has 0 unspecified atom stereocenters. The van der Waals surface area contributed by atoms with Crippen molar-refractivity contribution in [1.29, 1.82) is 0 Å². The van der Waals surface area contributed by atoms with Gasteiger partial charge in [-0.05, 0) is 24.6 Å². The van der Waals surface area contributed by atoms with Crippen molar-refractivity contribution < 1.29 is 38.0 Å². The predicted molar refractivity (Wildman–Crippen MR) is 72.8 cm³/mol. The van der Waals surface area contributed by atoms with Crippen molar-refractivity contribution in [3.8, 4) is 0 Å². The number of nitrogens with two attached hydrogens (primary N) is 1. The van der Waals surface area contributed by atoms with Gasteiger partial charge in [0, 0.05) is 5.02 Å². The van der Waals surface area contributed by atoms with E-state index in [2.05, 4.69) is 19.9 Å². The van der Waals surface area contributed by atoms with E-state index in [9.17, 15) is 8.42 Å². The fourth-order valence-corrected chi connectivity index (χ4v) is 3.11. The summed E-state index contributed by atoms with van der Waals surface area (Å²) in [5.74, 6) is -0.169. The van der Waals surface area contributed by atoms with Crippen molar-refractivity contribution in [2.75, 3.05) is 10.5 Å². The average Bonchev–Trinajstić information content (AvgIpc) is 2.68. The Hall–Kier alpha value is -0.510. The molecular weight excluding hydrogens is 336 g/mol. The first-order valence-electron chi connectivity index (χ1n) is 4.96. The Morgan fingerprint density at radius 1 is 1.30 bits per heavy atom. The van der Waals surface area contributed by atoms with Gasteiger partial charge in [0.25, 0.3) is 16.0 Å². The van der Waals surface area contributed by atoms with Gasteiger partial charge < -0.3 is 5.73 Å². The van der Waals surface area contributed by atoms with Gasteiger partial charge in [0.15, 0.2) is 0 Å². The van der Waals surface area contributed by atoms with Gasteiger partial charge in [-0.1, -0.05) is 23.2 Å². The van der Waals surface area contributed by atoms with E-state index in [-0.39, 0.29) is 51.4 Å². The van der Waals surface area contributed by atoms with E-state index in [1.54, 1.807) is 6.92 Å². The summed E-state index contributed by atoms with van der Waals surface area (Å²) in [4.78, 5) is 3.53. The van der Waals surface area contributed by atoms with E-state index in [1.807, 2.05) is 0 Å². The van der Waals surface area contributed by atoms with Crippen LogP contribution in [0, 0.1) is 6.92 Å². The van der Waals surface area contributed by atoms with Crippen LogP contribution in [0.15, 0.2) is 17.0 Å². The zero-order valence-corrected chi connectivity index (χ0v) is 14.9. The average molecular weight is 345 g/mol. The van der Waals surface area contributed by atoms with Crippen molar-refractivity contribution in [2.45, 2.75) is 11.8 Å². The normalized spacial score (nSPS) is 10.9. The second kappa shape index (κ2) is 6.50. The second-order valence-electron chi connectivity index (χ2n) is 3.68. The van der Waals surface area contributed by atoms with Crippen LogP contribution < -0.4 is 40.0 Å². The van der Waals surface area contributed by atoms with Crippen LogP contribution >= 0.6 is 23.2 Å². The summed E-state index contributed by atoms with van der Waals surface area (Å²) in [7, 11) is -3.91. The molecule has 0 aliphatic heterocycles. The molecule has 0 aliphatic carbocycles. The molecule has 0 atom stereocenters. The summed E-state index contributed by atoms with van der Waals surface area (Å²) in [6, 6.07) is 2.72. The van der Waals surface area contributed by atoms with Crippen LogP contribution in [0.3, 0.4) is 0 Å². The minimum Gasteiger partial charge on any atom is -0.368 e. The van der Waals surface area contributed by atoms with Crippen molar-refractivity contribution in [1.82, 2.24) is 15.2 Å². The first kappa shape index (κ1) is 17.5. The molecule has 2 aromatic rings. The van der Waals surface area contributed by atoms with E-state index in [1.165, 1.54) is 12.1 Å². The number of hydrogen-bond acceptors (Lipinski definition) is 5. The first-order valence-corrected chi connectivity index (χ1v) is 7.20. The maximum Gasteiger partial charge on any atom is 1.00 e. The number of rotatable bonds is 3. The van der Waals surface area contributed by atoms with E-state index in [0.29, 0.717) is 10.6 Å². The molecule has 0 aliphatic rings. The Balaban J connectivity index is 0.00000200. The number of nitrogens with one attached hydrogen (secondary N) is 2. The van der Waals surface area contributed by atoms with Crippen LogP contribution in [-0.4, -0.2) is 23.6 Å². The fraction of sp³-hybridized carbons (Fsp3) is 0.111. The SMILES string of the molecule is Cc1cc(S(=O)(=O)Nc2n[nH]c(N)n2)c(Cl)cc1Cl.[Na+]. The summed E-state index contributed by atoms with van der Waals surface area (Å²) < 4.78 is 26.4. The van der Waals surface area contributed by atoms with Crippen LogP contribution in [0.2, 0.25) is 10.0 Å². The summed E-state index contributed by atoms with van der Waals surface area (Å²) in [6.45, 7) is 1.67. The van der Waals surface area contributed by atoms with Crippen molar-refractivity contribution in [3.63, 3.8) is 0 Å². The van der Waals surface area contributed by atoms with Crippen LogP contribution in [0.5, 0.6) is 0 Å². The van der Waals surface area contributed by atoms with E-state index >= 15 is 0 Å². The molecule has 2 rings (SSSR count). The molecule has 1 aromatic heterocycles. The maximum atomic E-state index is 12.1. The molecular formula is C9H9Cl2N5NaO2S+. The molecule has 0 amide bonds. The number of anilines is 2. The summed E-state index contributed by atoms with van der Waals surface area (Å²) in [5, 5.41) is 6.28. The fourth-order valence-electron chi connectivity index (χ4n) is 1.33. The van der Waals surface area contributed by atoms with Gasteiger partial charge in [-0.3, -0.25) is 0 Å². The number of nitrogen functional groups attached to an aromatic ring is 1. The number of aryl methyl sites for hydroxylation is 1. The molecule has 1 aromatic carbocycles. The number of hydrogen-bond donors (Lipinski definition) is 3. The number of H-pyrrole nitrogens is 1. The molecule has 0 saturated carbocycles. The Labute approximate surface area is 147 Å².